The van der Waals surface area contributed by atoms with Crippen LogP contribution in [0.15, 0.2) is 47.0 Å². The van der Waals surface area contributed by atoms with Crippen LogP contribution in [-0.4, -0.2) is 30.3 Å². The van der Waals surface area contributed by atoms with Crippen LogP contribution < -0.4 is 10.1 Å². The van der Waals surface area contributed by atoms with Gasteiger partial charge >= 0.3 is 0 Å². The SMILES string of the molecule is CNC(=O)c1c(-c2ccc(F)cc2)oc2c1cc(OC(C)C)c1c2ccn1CCF. The lowest BCUT2D eigenvalue weighted by atomic mass is 10.0. The van der Waals surface area contributed by atoms with E-state index in [1.165, 1.54) is 19.2 Å². The van der Waals surface area contributed by atoms with Gasteiger partial charge in [-0.1, -0.05) is 0 Å². The van der Waals surface area contributed by atoms with Crippen molar-refractivity contribution in [3.05, 3.63) is 54.0 Å². The van der Waals surface area contributed by atoms with Crippen molar-refractivity contribution >= 4 is 27.8 Å². The van der Waals surface area contributed by atoms with Crippen LogP contribution in [0.3, 0.4) is 0 Å². The molecule has 4 rings (SSSR count). The fourth-order valence-corrected chi connectivity index (χ4v) is 3.69. The smallest absolute Gasteiger partial charge is 0.255 e. The molecule has 2 heterocycles. The molecule has 2 aromatic carbocycles. The van der Waals surface area contributed by atoms with Gasteiger partial charge in [0.1, 0.15) is 29.6 Å². The van der Waals surface area contributed by atoms with E-state index in [-0.39, 0.29) is 24.4 Å². The molecule has 0 fully saturated rings. The molecule has 0 bridgehead atoms. The molecule has 0 radical (unpaired) electrons. The number of carbonyl (C=O) groups excluding carboxylic acids is 1. The van der Waals surface area contributed by atoms with Gasteiger partial charge in [-0.25, -0.2) is 8.78 Å². The highest BCUT2D eigenvalue weighted by Gasteiger charge is 2.25. The van der Waals surface area contributed by atoms with Crippen molar-refractivity contribution in [3.63, 3.8) is 0 Å². The van der Waals surface area contributed by atoms with Crippen molar-refractivity contribution in [1.82, 2.24) is 9.88 Å². The zero-order valence-electron chi connectivity index (χ0n) is 17.0. The molecule has 5 nitrogen and oxygen atoms in total. The number of ether oxygens (including phenoxy) is 1. The maximum atomic E-state index is 13.4. The lowest BCUT2D eigenvalue weighted by Gasteiger charge is -2.14. The van der Waals surface area contributed by atoms with E-state index >= 15 is 0 Å². The number of amides is 1. The Bertz CT molecular complexity index is 1220. The van der Waals surface area contributed by atoms with Crippen LogP contribution >= 0.6 is 0 Å². The highest BCUT2D eigenvalue weighted by Crippen LogP contribution is 2.42. The van der Waals surface area contributed by atoms with E-state index in [1.807, 2.05) is 19.9 Å². The first kappa shape index (κ1) is 19.9. The van der Waals surface area contributed by atoms with Gasteiger partial charge < -0.3 is 19.0 Å². The molecule has 0 aliphatic carbocycles. The summed E-state index contributed by atoms with van der Waals surface area (Å²) in [5.74, 6) is 0.175. The summed E-state index contributed by atoms with van der Waals surface area (Å²) < 4.78 is 40.5. The lowest BCUT2D eigenvalue weighted by molar-refractivity contribution is 0.0964. The predicted molar refractivity (Wildman–Crippen MR) is 112 cm³/mol. The largest absolute Gasteiger partial charge is 0.489 e. The number of nitrogens with zero attached hydrogens (tertiary/aromatic N) is 1. The monoisotopic (exact) mass is 412 g/mol. The summed E-state index contributed by atoms with van der Waals surface area (Å²) in [6.07, 6.45) is 1.66. The normalized spacial score (nSPS) is 11.5. The Kier molecular flexibility index (Phi) is 5.20. The molecular weight excluding hydrogens is 390 g/mol. The minimum Gasteiger partial charge on any atom is -0.489 e. The Morgan fingerprint density at radius 3 is 2.57 bits per heavy atom. The summed E-state index contributed by atoms with van der Waals surface area (Å²) in [4.78, 5) is 12.8. The Labute approximate surface area is 172 Å². The fraction of sp³-hybridized carbons (Fsp3) is 0.261. The molecule has 1 N–H and O–H groups in total. The molecule has 30 heavy (non-hydrogen) atoms. The number of aryl methyl sites for hydroxylation is 1. The first-order chi connectivity index (χ1) is 14.4. The molecule has 156 valence electrons. The number of furan rings is 1. The third kappa shape index (κ3) is 3.30. The average Bonchev–Trinajstić information content (AvgIpc) is 3.30. The Hall–Kier alpha value is -3.35. The van der Waals surface area contributed by atoms with Crippen molar-refractivity contribution in [2.24, 2.45) is 0 Å². The van der Waals surface area contributed by atoms with Crippen LogP contribution in [0, 0.1) is 5.82 Å². The topological polar surface area (TPSA) is 56.4 Å². The molecular formula is C23H22F2N2O3. The number of hydrogen-bond acceptors (Lipinski definition) is 3. The average molecular weight is 412 g/mol. The van der Waals surface area contributed by atoms with E-state index in [4.69, 9.17) is 9.15 Å². The molecule has 0 saturated carbocycles. The number of nitrogens with one attached hydrogen (secondary N) is 1. The molecule has 4 aromatic rings. The van der Waals surface area contributed by atoms with Crippen LogP contribution in [-0.2, 0) is 6.54 Å². The van der Waals surface area contributed by atoms with Crippen molar-refractivity contribution in [1.29, 1.82) is 0 Å². The van der Waals surface area contributed by atoms with Crippen LogP contribution in [0.5, 0.6) is 5.75 Å². The fourth-order valence-electron chi connectivity index (χ4n) is 3.69. The van der Waals surface area contributed by atoms with Crippen molar-refractivity contribution in [2.45, 2.75) is 26.5 Å². The lowest BCUT2D eigenvalue weighted by Crippen LogP contribution is -2.18. The van der Waals surface area contributed by atoms with Crippen molar-refractivity contribution in [2.75, 3.05) is 13.7 Å². The van der Waals surface area contributed by atoms with E-state index in [0.717, 1.165) is 5.39 Å². The molecule has 0 atom stereocenters. The number of aromatic nitrogens is 1. The summed E-state index contributed by atoms with van der Waals surface area (Å²) >= 11 is 0. The van der Waals surface area contributed by atoms with Crippen molar-refractivity contribution in [3.8, 4) is 17.1 Å². The molecule has 0 saturated heterocycles. The van der Waals surface area contributed by atoms with Gasteiger partial charge in [0, 0.05) is 29.6 Å². The number of benzene rings is 2. The van der Waals surface area contributed by atoms with Gasteiger partial charge in [-0.3, -0.25) is 4.79 Å². The standard InChI is InChI=1S/C23H22F2N2O3/c1-13(2)29-18-12-17-19(23(28)26-3)21(14-4-6-15(25)7-5-14)30-22(17)16-8-10-27(11-9-24)20(16)18/h4-8,10,12-13H,9,11H2,1-3H3,(H,26,28). The molecule has 1 amide bonds. The maximum Gasteiger partial charge on any atom is 0.255 e. The Morgan fingerprint density at radius 1 is 1.20 bits per heavy atom. The summed E-state index contributed by atoms with van der Waals surface area (Å²) in [5, 5.41) is 3.94. The zero-order valence-corrected chi connectivity index (χ0v) is 17.0. The second kappa shape index (κ2) is 7.82. The Balaban J connectivity index is 2.08. The predicted octanol–water partition coefficient (Wildman–Crippen LogP) is 5.31. The molecule has 7 heteroatoms. The third-order valence-electron chi connectivity index (χ3n) is 4.91. The summed E-state index contributed by atoms with van der Waals surface area (Å²) in [5.41, 5.74) is 2.12. The summed E-state index contributed by atoms with van der Waals surface area (Å²) in [7, 11) is 1.54. The zero-order chi connectivity index (χ0) is 21.4. The minimum atomic E-state index is -0.522. The highest BCUT2D eigenvalue weighted by molar-refractivity contribution is 6.17. The van der Waals surface area contributed by atoms with Crippen LogP contribution in [0.1, 0.15) is 24.2 Å². The van der Waals surface area contributed by atoms with E-state index in [1.54, 1.807) is 29.0 Å². The van der Waals surface area contributed by atoms with Gasteiger partial charge in [-0.05, 0) is 50.2 Å². The third-order valence-corrected chi connectivity index (χ3v) is 4.91. The number of fused-ring (bicyclic) bond motifs is 3. The first-order valence-electron chi connectivity index (χ1n) is 9.73. The first-order valence-corrected chi connectivity index (χ1v) is 9.73. The van der Waals surface area contributed by atoms with E-state index < -0.39 is 6.67 Å². The number of halogens is 2. The number of alkyl halides is 1. The summed E-state index contributed by atoms with van der Waals surface area (Å²) in [6, 6.07) is 9.35. The van der Waals surface area contributed by atoms with Gasteiger partial charge in [0.05, 0.1) is 23.7 Å². The summed E-state index contributed by atoms with van der Waals surface area (Å²) in [6.45, 7) is 3.46. The molecule has 0 spiro atoms. The van der Waals surface area contributed by atoms with Gasteiger partial charge in [-0.15, -0.1) is 0 Å². The van der Waals surface area contributed by atoms with Crippen LogP contribution in [0.25, 0.3) is 33.2 Å². The van der Waals surface area contributed by atoms with Gasteiger partial charge in [0.2, 0.25) is 0 Å². The van der Waals surface area contributed by atoms with E-state index in [0.29, 0.717) is 39.1 Å². The van der Waals surface area contributed by atoms with Crippen LogP contribution in [0.4, 0.5) is 8.78 Å². The number of carbonyl (C=O) groups is 1. The van der Waals surface area contributed by atoms with Crippen LogP contribution in [0.2, 0.25) is 0 Å². The molecule has 0 aliphatic rings. The van der Waals surface area contributed by atoms with E-state index in [9.17, 15) is 13.6 Å². The molecule has 0 aliphatic heterocycles. The van der Waals surface area contributed by atoms with Gasteiger partial charge in [0.15, 0.2) is 0 Å². The number of hydrogen-bond donors (Lipinski definition) is 1. The molecule has 2 aromatic heterocycles. The highest BCUT2D eigenvalue weighted by atomic mass is 19.1. The van der Waals surface area contributed by atoms with Gasteiger partial charge in [0.25, 0.3) is 5.91 Å². The Morgan fingerprint density at radius 2 is 1.93 bits per heavy atom. The second-order valence-corrected chi connectivity index (χ2v) is 7.27. The van der Waals surface area contributed by atoms with Crippen molar-refractivity contribution < 1.29 is 22.7 Å². The second-order valence-electron chi connectivity index (χ2n) is 7.27. The quantitative estimate of drug-likeness (QED) is 0.467. The maximum absolute atomic E-state index is 13.4. The minimum absolute atomic E-state index is 0.119. The van der Waals surface area contributed by atoms with E-state index in [2.05, 4.69) is 5.32 Å². The number of rotatable bonds is 6. The molecule has 0 unspecified atom stereocenters. The van der Waals surface area contributed by atoms with Gasteiger partial charge in [-0.2, -0.15) is 0 Å².